The summed E-state index contributed by atoms with van der Waals surface area (Å²) in [5, 5.41) is 0. The highest BCUT2D eigenvalue weighted by Gasteiger charge is 2.17. The van der Waals surface area contributed by atoms with Crippen molar-refractivity contribution in [2.24, 2.45) is 5.73 Å². The lowest BCUT2D eigenvalue weighted by Gasteiger charge is -2.11. The molecule has 1 aromatic carbocycles. The van der Waals surface area contributed by atoms with E-state index in [0.717, 1.165) is 6.07 Å². The maximum Gasteiger partial charge on any atom is 0.257 e. The molecule has 0 heterocycles. The number of benzene rings is 1. The Bertz CT molecular complexity index is 304. The number of rotatable bonds is 2. The van der Waals surface area contributed by atoms with Gasteiger partial charge in [-0.3, -0.25) is 0 Å². The van der Waals surface area contributed by atoms with E-state index >= 15 is 0 Å². The van der Waals surface area contributed by atoms with Crippen molar-refractivity contribution in [1.29, 1.82) is 0 Å². The van der Waals surface area contributed by atoms with Gasteiger partial charge in [0.15, 0.2) is 0 Å². The van der Waals surface area contributed by atoms with Gasteiger partial charge in [0.1, 0.15) is 5.82 Å². The molecular weight excluding hydrogens is 215 g/mol. The van der Waals surface area contributed by atoms with Crippen molar-refractivity contribution in [3.8, 4) is 0 Å². The maximum absolute atomic E-state index is 12.7. The molecule has 0 spiro atoms. The molecule has 0 fully saturated rings. The summed E-state index contributed by atoms with van der Waals surface area (Å²) in [6.07, 6.45) is -2.62. The first kappa shape index (κ1) is 13.3. The molecule has 0 unspecified atom stereocenters. The largest absolute Gasteiger partial charge is 0.319 e. The Hall–Kier alpha value is -0.740. The molecule has 14 heavy (non-hydrogen) atoms. The summed E-state index contributed by atoms with van der Waals surface area (Å²) in [5.74, 6) is -0.412. The van der Waals surface area contributed by atoms with Gasteiger partial charge in [-0.05, 0) is 24.1 Å². The van der Waals surface area contributed by atoms with Gasteiger partial charge < -0.3 is 5.73 Å². The molecule has 0 saturated carbocycles. The molecule has 80 valence electrons. The van der Waals surface area contributed by atoms with Gasteiger partial charge in [-0.25, -0.2) is 13.2 Å². The van der Waals surface area contributed by atoms with E-state index in [4.69, 9.17) is 5.73 Å². The molecule has 1 rings (SSSR count). The van der Waals surface area contributed by atoms with Crippen LogP contribution in [0, 0.1) is 12.7 Å². The van der Waals surface area contributed by atoms with Crippen LogP contribution in [0.15, 0.2) is 18.2 Å². The number of halogens is 4. The van der Waals surface area contributed by atoms with Gasteiger partial charge in [0, 0.05) is 0 Å². The second-order valence-corrected chi connectivity index (χ2v) is 2.87. The van der Waals surface area contributed by atoms with Gasteiger partial charge in [0.25, 0.3) is 6.43 Å². The van der Waals surface area contributed by atoms with Crippen molar-refractivity contribution in [3.63, 3.8) is 0 Å². The third-order valence-corrected chi connectivity index (χ3v) is 1.84. The molecule has 0 aliphatic rings. The highest BCUT2D eigenvalue weighted by atomic mass is 35.5. The lowest BCUT2D eigenvalue weighted by molar-refractivity contribution is 0.116. The fourth-order valence-electron chi connectivity index (χ4n) is 1.02. The zero-order valence-electron chi connectivity index (χ0n) is 7.51. The van der Waals surface area contributed by atoms with Crippen molar-refractivity contribution in [2.45, 2.75) is 19.4 Å². The van der Waals surface area contributed by atoms with Crippen LogP contribution in [0.2, 0.25) is 0 Å². The molecule has 0 aliphatic carbocycles. The molecule has 0 aromatic heterocycles. The van der Waals surface area contributed by atoms with E-state index in [1.807, 2.05) is 0 Å². The summed E-state index contributed by atoms with van der Waals surface area (Å²) >= 11 is 0. The summed E-state index contributed by atoms with van der Waals surface area (Å²) in [7, 11) is 0. The molecular formula is C9H11ClF3N. The molecule has 0 radical (unpaired) electrons. The molecule has 2 N–H and O–H groups in total. The van der Waals surface area contributed by atoms with Crippen LogP contribution in [0.1, 0.15) is 17.2 Å². The minimum Gasteiger partial charge on any atom is -0.319 e. The van der Waals surface area contributed by atoms with E-state index in [9.17, 15) is 13.2 Å². The lowest BCUT2D eigenvalue weighted by Crippen LogP contribution is -2.19. The molecule has 0 bridgehead atoms. The van der Waals surface area contributed by atoms with Crippen LogP contribution in [0.5, 0.6) is 0 Å². The average Bonchev–Trinajstić information content (AvgIpc) is 2.08. The molecule has 1 atom stereocenters. The van der Waals surface area contributed by atoms with Crippen molar-refractivity contribution in [2.75, 3.05) is 0 Å². The Morgan fingerprint density at radius 2 is 1.86 bits per heavy atom. The summed E-state index contributed by atoms with van der Waals surface area (Å²) in [6.45, 7) is 1.51. The molecule has 1 nitrogen and oxygen atoms in total. The van der Waals surface area contributed by atoms with Crippen molar-refractivity contribution in [3.05, 3.63) is 35.1 Å². The molecule has 0 aliphatic heterocycles. The number of aryl methyl sites for hydroxylation is 1. The standard InChI is InChI=1S/C9H10F3N.ClH/c1-5-4-6(2-3-7(5)10)8(13)9(11)12;/h2-4,8-9H,13H2,1H3;1H/t8-;/m1./s1. The predicted octanol–water partition coefficient (Wildman–Crippen LogP) is 2.82. The van der Waals surface area contributed by atoms with Crippen LogP contribution in [0.4, 0.5) is 13.2 Å². The molecule has 0 saturated heterocycles. The van der Waals surface area contributed by atoms with E-state index in [1.165, 1.54) is 19.1 Å². The van der Waals surface area contributed by atoms with Crippen molar-refractivity contribution in [1.82, 2.24) is 0 Å². The highest BCUT2D eigenvalue weighted by molar-refractivity contribution is 5.85. The SMILES string of the molecule is Cc1cc([C@@H](N)C(F)F)ccc1F.Cl. The summed E-state index contributed by atoms with van der Waals surface area (Å²) < 4.78 is 37.0. The number of nitrogens with two attached hydrogens (primary N) is 1. The van der Waals surface area contributed by atoms with Gasteiger partial charge in [-0.2, -0.15) is 0 Å². The molecule has 5 heteroatoms. The van der Waals surface area contributed by atoms with Crippen molar-refractivity contribution < 1.29 is 13.2 Å². The number of hydrogen-bond donors (Lipinski definition) is 1. The number of hydrogen-bond acceptors (Lipinski definition) is 1. The Morgan fingerprint density at radius 1 is 1.29 bits per heavy atom. The first-order valence-electron chi connectivity index (χ1n) is 3.82. The second-order valence-electron chi connectivity index (χ2n) is 2.87. The van der Waals surface area contributed by atoms with Crippen LogP contribution in [-0.2, 0) is 0 Å². The summed E-state index contributed by atoms with van der Waals surface area (Å²) in [6, 6.07) is 2.43. The quantitative estimate of drug-likeness (QED) is 0.823. The second kappa shape index (κ2) is 5.22. The van der Waals surface area contributed by atoms with E-state index in [-0.39, 0.29) is 18.0 Å². The fourth-order valence-corrected chi connectivity index (χ4v) is 1.02. The zero-order chi connectivity index (χ0) is 10.0. The first-order valence-corrected chi connectivity index (χ1v) is 3.82. The monoisotopic (exact) mass is 225 g/mol. The predicted molar refractivity (Wildman–Crippen MR) is 51.3 cm³/mol. The van der Waals surface area contributed by atoms with Gasteiger partial charge in [-0.1, -0.05) is 12.1 Å². The molecule has 1 aromatic rings. The van der Waals surface area contributed by atoms with E-state index < -0.39 is 18.3 Å². The Labute approximate surface area is 86.5 Å². The van der Waals surface area contributed by atoms with Crippen LogP contribution < -0.4 is 5.73 Å². The Balaban J connectivity index is 0.00000169. The van der Waals surface area contributed by atoms with E-state index in [2.05, 4.69) is 0 Å². The first-order chi connectivity index (χ1) is 6.02. The van der Waals surface area contributed by atoms with Crippen LogP contribution in [0.3, 0.4) is 0 Å². The summed E-state index contributed by atoms with van der Waals surface area (Å²) in [5.41, 5.74) is 5.77. The van der Waals surface area contributed by atoms with Crippen LogP contribution >= 0.6 is 12.4 Å². The minimum absolute atomic E-state index is 0. The molecule has 0 amide bonds. The normalized spacial score (nSPS) is 12.4. The van der Waals surface area contributed by atoms with Gasteiger partial charge in [0.2, 0.25) is 0 Å². The topological polar surface area (TPSA) is 26.0 Å². The summed E-state index contributed by atoms with van der Waals surface area (Å²) in [4.78, 5) is 0. The van der Waals surface area contributed by atoms with E-state index in [1.54, 1.807) is 0 Å². The maximum atomic E-state index is 12.7. The highest BCUT2D eigenvalue weighted by Crippen LogP contribution is 2.19. The fraction of sp³-hybridized carbons (Fsp3) is 0.333. The van der Waals surface area contributed by atoms with Gasteiger partial charge >= 0.3 is 0 Å². The zero-order valence-corrected chi connectivity index (χ0v) is 8.32. The average molecular weight is 226 g/mol. The Morgan fingerprint density at radius 3 is 2.29 bits per heavy atom. The third kappa shape index (κ3) is 2.89. The van der Waals surface area contributed by atoms with E-state index in [0.29, 0.717) is 5.56 Å². The minimum atomic E-state index is -2.62. The smallest absolute Gasteiger partial charge is 0.257 e. The lowest BCUT2D eigenvalue weighted by atomic mass is 10.1. The third-order valence-electron chi connectivity index (χ3n) is 1.84. The Kier molecular flexibility index (Phi) is 4.94. The van der Waals surface area contributed by atoms with Gasteiger partial charge in [0.05, 0.1) is 6.04 Å². The van der Waals surface area contributed by atoms with Gasteiger partial charge in [-0.15, -0.1) is 12.4 Å². The number of alkyl halides is 2. The van der Waals surface area contributed by atoms with Crippen LogP contribution in [0.25, 0.3) is 0 Å². The van der Waals surface area contributed by atoms with Crippen molar-refractivity contribution >= 4 is 12.4 Å². The van der Waals surface area contributed by atoms with Crippen LogP contribution in [-0.4, -0.2) is 6.43 Å².